The van der Waals surface area contributed by atoms with Crippen LogP contribution in [-0.4, -0.2) is 11.1 Å². The Kier molecular flexibility index (Phi) is 3.98. The van der Waals surface area contributed by atoms with Crippen LogP contribution in [-0.2, 0) is 11.2 Å². The van der Waals surface area contributed by atoms with Gasteiger partial charge in [-0.05, 0) is 55.1 Å². The zero-order chi connectivity index (χ0) is 14.0. The maximum atomic E-state index is 11.5. The summed E-state index contributed by atoms with van der Waals surface area (Å²) in [5.41, 5.74) is 2.85. The number of carbonyl (C=O) groups is 1. The monoisotopic (exact) mass is 260 g/mol. The molecule has 0 spiro atoms. The zero-order valence-corrected chi connectivity index (χ0v) is 12.1. The first kappa shape index (κ1) is 14.1. The highest BCUT2D eigenvalue weighted by Crippen LogP contribution is 2.43. The molecule has 0 aliphatic heterocycles. The lowest BCUT2D eigenvalue weighted by molar-refractivity contribution is -0.146. The Bertz CT molecular complexity index is 462. The SMILES string of the molecule is Cc1ccccc1CC1CC(C)(C)CCC1C(=O)O. The van der Waals surface area contributed by atoms with E-state index in [9.17, 15) is 9.90 Å². The lowest BCUT2D eigenvalue weighted by atomic mass is 9.65. The summed E-state index contributed by atoms with van der Waals surface area (Å²) in [4.78, 5) is 11.5. The molecule has 19 heavy (non-hydrogen) atoms. The molecule has 1 aliphatic rings. The van der Waals surface area contributed by atoms with Gasteiger partial charge in [0, 0.05) is 0 Å². The van der Waals surface area contributed by atoms with E-state index in [0.29, 0.717) is 0 Å². The molecule has 2 nitrogen and oxygen atoms in total. The van der Waals surface area contributed by atoms with E-state index >= 15 is 0 Å². The van der Waals surface area contributed by atoms with Crippen LogP contribution in [0.5, 0.6) is 0 Å². The molecular formula is C17H24O2. The Morgan fingerprint density at radius 2 is 2.05 bits per heavy atom. The topological polar surface area (TPSA) is 37.3 Å². The molecule has 0 aromatic heterocycles. The molecule has 1 N–H and O–H groups in total. The van der Waals surface area contributed by atoms with Crippen LogP contribution in [0.1, 0.15) is 44.2 Å². The van der Waals surface area contributed by atoms with Gasteiger partial charge in [0.05, 0.1) is 5.92 Å². The van der Waals surface area contributed by atoms with Gasteiger partial charge in [0.2, 0.25) is 0 Å². The van der Waals surface area contributed by atoms with Crippen LogP contribution in [0.15, 0.2) is 24.3 Å². The van der Waals surface area contributed by atoms with Gasteiger partial charge in [-0.25, -0.2) is 0 Å². The second-order valence-electron chi connectivity index (χ2n) is 6.74. The highest BCUT2D eigenvalue weighted by atomic mass is 16.4. The van der Waals surface area contributed by atoms with Crippen molar-refractivity contribution in [1.29, 1.82) is 0 Å². The summed E-state index contributed by atoms with van der Waals surface area (Å²) in [7, 11) is 0. The third-order valence-corrected chi connectivity index (χ3v) is 4.58. The number of benzene rings is 1. The summed E-state index contributed by atoms with van der Waals surface area (Å²) in [5, 5.41) is 9.43. The Hall–Kier alpha value is -1.31. The molecule has 104 valence electrons. The van der Waals surface area contributed by atoms with E-state index in [0.717, 1.165) is 25.7 Å². The molecule has 2 unspecified atom stereocenters. The summed E-state index contributed by atoms with van der Waals surface area (Å²) in [5.74, 6) is -0.524. The van der Waals surface area contributed by atoms with Gasteiger partial charge < -0.3 is 5.11 Å². The van der Waals surface area contributed by atoms with E-state index in [1.807, 2.05) is 12.1 Å². The number of carboxylic acid groups (broad SMARTS) is 1. The third-order valence-electron chi connectivity index (χ3n) is 4.58. The van der Waals surface area contributed by atoms with Crippen molar-refractivity contribution in [2.24, 2.45) is 17.3 Å². The molecule has 1 fully saturated rings. The van der Waals surface area contributed by atoms with Gasteiger partial charge in [0.15, 0.2) is 0 Å². The normalized spacial score (nSPS) is 26.1. The van der Waals surface area contributed by atoms with Crippen molar-refractivity contribution < 1.29 is 9.90 Å². The number of rotatable bonds is 3. The molecule has 0 amide bonds. The minimum atomic E-state index is -0.617. The van der Waals surface area contributed by atoms with Gasteiger partial charge >= 0.3 is 5.97 Å². The van der Waals surface area contributed by atoms with Crippen LogP contribution in [0, 0.1) is 24.2 Å². The van der Waals surface area contributed by atoms with E-state index in [1.165, 1.54) is 11.1 Å². The standard InChI is InChI=1S/C17H24O2/c1-12-6-4-5-7-13(12)10-14-11-17(2,3)9-8-15(14)16(18)19/h4-7,14-15H,8-11H2,1-3H3,(H,18,19). The van der Waals surface area contributed by atoms with Crippen LogP contribution in [0.3, 0.4) is 0 Å². The number of hydrogen-bond acceptors (Lipinski definition) is 1. The van der Waals surface area contributed by atoms with Gasteiger partial charge in [-0.1, -0.05) is 38.1 Å². The molecule has 1 aliphatic carbocycles. The fourth-order valence-electron chi connectivity index (χ4n) is 3.40. The number of aliphatic carboxylic acids is 1. The lowest BCUT2D eigenvalue weighted by Gasteiger charge is -2.39. The first-order valence-corrected chi connectivity index (χ1v) is 7.16. The second kappa shape index (κ2) is 5.36. The molecule has 2 rings (SSSR count). The smallest absolute Gasteiger partial charge is 0.306 e. The summed E-state index contributed by atoms with van der Waals surface area (Å²) in [6.45, 7) is 6.63. The molecule has 2 atom stereocenters. The molecular weight excluding hydrogens is 236 g/mol. The average Bonchev–Trinajstić information content (AvgIpc) is 2.30. The minimum absolute atomic E-state index is 0.173. The molecule has 1 aromatic rings. The number of carboxylic acids is 1. The molecule has 0 radical (unpaired) electrons. The van der Waals surface area contributed by atoms with Crippen LogP contribution in [0.2, 0.25) is 0 Å². The van der Waals surface area contributed by atoms with Crippen molar-refractivity contribution >= 4 is 5.97 Å². The summed E-state index contributed by atoms with van der Waals surface area (Å²) in [6.07, 6.45) is 3.75. The predicted octanol–water partition coefficient (Wildman–Crippen LogP) is 4.06. The van der Waals surface area contributed by atoms with Gasteiger partial charge in [0.25, 0.3) is 0 Å². The van der Waals surface area contributed by atoms with Crippen LogP contribution < -0.4 is 0 Å². The van der Waals surface area contributed by atoms with Crippen LogP contribution in [0.4, 0.5) is 0 Å². The first-order chi connectivity index (χ1) is 8.89. The minimum Gasteiger partial charge on any atom is -0.481 e. The van der Waals surface area contributed by atoms with Crippen molar-refractivity contribution in [3.8, 4) is 0 Å². The van der Waals surface area contributed by atoms with Gasteiger partial charge in [0.1, 0.15) is 0 Å². The van der Waals surface area contributed by atoms with Gasteiger partial charge in [-0.15, -0.1) is 0 Å². The Morgan fingerprint density at radius 3 is 2.68 bits per heavy atom. The fourth-order valence-corrected chi connectivity index (χ4v) is 3.40. The van der Waals surface area contributed by atoms with Crippen molar-refractivity contribution in [2.45, 2.75) is 46.5 Å². The highest BCUT2D eigenvalue weighted by Gasteiger charge is 2.38. The quantitative estimate of drug-likeness (QED) is 0.889. The Morgan fingerprint density at radius 1 is 1.37 bits per heavy atom. The van der Waals surface area contributed by atoms with E-state index in [-0.39, 0.29) is 17.3 Å². The third kappa shape index (κ3) is 3.37. The van der Waals surface area contributed by atoms with E-state index in [4.69, 9.17) is 0 Å². The number of hydrogen-bond donors (Lipinski definition) is 1. The van der Waals surface area contributed by atoms with Crippen molar-refractivity contribution in [2.75, 3.05) is 0 Å². The molecule has 0 heterocycles. The van der Waals surface area contributed by atoms with E-state index in [1.54, 1.807) is 0 Å². The summed E-state index contributed by atoms with van der Waals surface area (Å²) < 4.78 is 0. The highest BCUT2D eigenvalue weighted by molar-refractivity contribution is 5.70. The van der Waals surface area contributed by atoms with E-state index < -0.39 is 5.97 Å². The van der Waals surface area contributed by atoms with Crippen LogP contribution >= 0.6 is 0 Å². The maximum absolute atomic E-state index is 11.5. The number of aryl methyl sites for hydroxylation is 1. The summed E-state index contributed by atoms with van der Waals surface area (Å²) >= 11 is 0. The molecule has 0 saturated heterocycles. The van der Waals surface area contributed by atoms with Crippen LogP contribution in [0.25, 0.3) is 0 Å². The van der Waals surface area contributed by atoms with Crippen molar-refractivity contribution in [3.05, 3.63) is 35.4 Å². The van der Waals surface area contributed by atoms with Gasteiger partial charge in [-0.3, -0.25) is 4.79 Å². The Labute approximate surface area is 115 Å². The maximum Gasteiger partial charge on any atom is 0.306 e. The largest absolute Gasteiger partial charge is 0.481 e. The van der Waals surface area contributed by atoms with Crippen molar-refractivity contribution in [3.63, 3.8) is 0 Å². The Balaban J connectivity index is 2.19. The lowest BCUT2D eigenvalue weighted by Crippen LogP contribution is -2.35. The summed E-state index contributed by atoms with van der Waals surface area (Å²) in [6, 6.07) is 8.33. The second-order valence-corrected chi connectivity index (χ2v) is 6.74. The van der Waals surface area contributed by atoms with E-state index in [2.05, 4.69) is 32.9 Å². The molecule has 2 heteroatoms. The molecule has 1 saturated carbocycles. The zero-order valence-electron chi connectivity index (χ0n) is 12.1. The predicted molar refractivity (Wildman–Crippen MR) is 77.1 cm³/mol. The fraction of sp³-hybridized carbons (Fsp3) is 0.588. The molecule has 1 aromatic carbocycles. The van der Waals surface area contributed by atoms with Gasteiger partial charge in [-0.2, -0.15) is 0 Å². The van der Waals surface area contributed by atoms with Crippen molar-refractivity contribution in [1.82, 2.24) is 0 Å². The first-order valence-electron chi connectivity index (χ1n) is 7.16. The molecule has 0 bridgehead atoms. The average molecular weight is 260 g/mol.